The number of nitrogens with zero attached hydrogens (tertiary/aromatic N) is 1. The third-order valence-electron chi connectivity index (χ3n) is 4.91. The molecule has 2 heterocycles. The van der Waals surface area contributed by atoms with E-state index in [0.717, 1.165) is 64.4 Å². The van der Waals surface area contributed by atoms with E-state index in [-0.39, 0.29) is 18.2 Å². The van der Waals surface area contributed by atoms with Gasteiger partial charge in [-0.05, 0) is 43.9 Å². The Hall–Kier alpha value is -1.63. The predicted molar refractivity (Wildman–Crippen MR) is 98.0 cm³/mol. The van der Waals surface area contributed by atoms with Crippen molar-refractivity contribution in [2.75, 3.05) is 44.8 Å². The Bertz CT molecular complexity index is 537. The summed E-state index contributed by atoms with van der Waals surface area (Å²) in [7, 11) is 0. The first kappa shape index (κ1) is 18.2. The van der Waals surface area contributed by atoms with Crippen molar-refractivity contribution in [3.8, 4) is 0 Å². The van der Waals surface area contributed by atoms with Crippen molar-refractivity contribution in [2.24, 2.45) is 0 Å². The molecule has 2 amide bonds. The van der Waals surface area contributed by atoms with E-state index in [4.69, 9.17) is 9.47 Å². The fourth-order valence-corrected chi connectivity index (χ4v) is 3.33. The topological polar surface area (TPSA) is 62.8 Å². The molecule has 0 aromatic heterocycles. The maximum Gasteiger partial charge on any atom is 0.319 e. The molecule has 138 valence electrons. The normalized spacial score (nSPS) is 22.5. The van der Waals surface area contributed by atoms with Crippen LogP contribution in [0.5, 0.6) is 0 Å². The molecular weight excluding hydrogens is 318 g/mol. The van der Waals surface area contributed by atoms with Crippen LogP contribution in [0, 0.1) is 0 Å². The third-order valence-corrected chi connectivity index (χ3v) is 4.91. The molecule has 1 aromatic rings. The molecule has 2 saturated heterocycles. The number of hydrogen-bond acceptors (Lipinski definition) is 4. The van der Waals surface area contributed by atoms with Crippen LogP contribution in [0.15, 0.2) is 24.3 Å². The molecule has 1 aromatic carbocycles. The second kappa shape index (κ2) is 9.17. The van der Waals surface area contributed by atoms with Crippen LogP contribution in [0.2, 0.25) is 0 Å². The molecule has 0 aliphatic carbocycles. The zero-order valence-corrected chi connectivity index (χ0v) is 15.0. The monoisotopic (exact) mass is 347 g/mol. The highest BCUT2D eigenvalue weighted by Crippen LogP contribution is 2.16. The van der Waals surface area contributed by atoms with Gasteiger partial charge < -0.3 is 20.1 Å². The summed E-state index contributed by atoms with van der Waals surface area (Å²) in [5.74, 6) is 0. The van der Waals surface area contributed by atoms with Gasteiger partial charge in [0.25, 0.3) is 0 Å². The number of amides is 2. The standard InChI is InChI=1S/C19H29N3O3/c1-15(18-3-2-12-25-18)20-19(23)21-17-6-4-16(5-7-17)8-9-22-10-13-24-14-11-22/h4-7,15,18H,2-3,8-14H2,1H3,(H2,20,21,23). The minimum absolute atomic E-state index is 0.0234. The number of ether oxygens (including phenoxy) is 2. The van der Waals surface area contributed by atoms with E-state index in [2.05, 4.69) is 27.7 Å². The molecule has 2 aliphatic heterocycles. The van der Waals surface area contributed by atoms with E-state index in [1.54, 1.807) is 0 Å². The maximum atomic E-state index is 12.1. The molecular formula is C19H29N3O3. The molecule has 3 rings (SSSR count). The molecule has 2 fully saturated rings. The Morgan fingerprint density at radius 3 is 2.68 bits per heavy atom. The molecule has 2 atom stereocenters. The second-order valence-corrected chi connectivity index (χ2v) is 6.84. The first-order chi connectivity index (χ1) is 12.2. The fourth-order valence-electron chi connectivity index (χ4n) is 3.33. The van der Waals surface area contributed by atoms with Crippen LogP contribution in [0.1, 0.15) is 25.3 Å². The number of carbonyl (C=O) groups excluding carboxylic acids is 1. The smallest absolute Gasteiger partial charge is 0.319 e. The van der Waals surface area contributed by atoms with Crippen LogP contribution in [0.25, 0.3) is 0 Å². The van der Waals surface area contributed by atoms with Gasteiger partial charge in [-0.15, -0.1) is 0 Å². The van der Waals surface area contributed by atoms with Gasteiger partial charge >= 0.3 is 6.03 Å². The molecule has 6 heteroatoms. The van der Waals surface area contributed by atoms with Crippen LogP contribution in [0.3, 0.4) is 0 Å². The number of anilines is 1. The van der Waals surface area contributed by atoms with Crippen LogP contribution >= 0.6 is 0 Å². The first-order valence-electron chi connectivity index (χ1n) is 9.29. The molecule has 0 radical (unpaired) electrons. The van der Waals surface area contributed by atoms with Gasteiger partial charge in [-0.1, -0.05) is 12.1 Å². The molecule has 2 unspecified atom stereocenters. The molecule has 0 bridgehead atoms. The van der Waals surface area contributed by atoms with E-state index < -0.39 is 0 Å². The highest BCUT2D eigenvalue weighted by atomic mass is 16.5. The van der Waals surface area contributed by atoms with Crippen LogP contribution < -0.4 is 10.6 Å². The number of nitrogens with one attached hydrogen (secondary N) is 2. The van der Waals surface area contributed by atoms with Gasteiger partial charge in [0.15, 0.2) is 0 Å². The molecule has 0 saturated carbocycles. The van der Waals surface area contributed by atoms with Crippen LogP contribution in [-0.4, -0.2) is 62.5 Å². The summed E-state index contributed by atoms with van der Waals surface area (Å²) in [4.78, 5) is 14.5. The van der Waals surface area contributed by atoms with Crippen molar-refractivity contribution in [1.82, 2.24) is 10.2 Å². The van der Waals surface area contributed by atoms with E-state index in [1.165, 1.54) is 5.56 Å². The van der Waals surface area contributed by atoms with Crippen molar-refractivity contribution in [3.63, 3.8) is 0 Å². The zero-order valence-electron chi connectivity index (χ0n) is 15.0. The summed E-state index contributed by atoms with van der Waals surface area (Å²) in [6.07, 6.45) is 3.24. The lowest BCUT2D eigenvalue weighted by Gasteiger charge is -2.26. The quantitative estimate of drug-likeness (QED) is 0.828. The van der Waals surface area contributed by atoms with Crippen molar-refractivity contribution < 1.29 is 14.3 Å². The number of urea groups is 1. The van der Waals surface area contributed by atoms with E-state index in [0.29, 0.717) is 0 Å². The van der Waals surface area contributed by atoms with Gasteiger partial charge in [0.2, 0.25) is 0 Å². The number of rotatable bonds is 6. The van der Waals surface area contributed by atoms with E-state index >= 15 is 0 Å². The summed E-state index contributed by atoms with van der Waals surface area (Å²) in [6.45, 7) is 7.54. The minimum atomic E-state index is -0.177. The average molecular weight is 347 g/mol. The molecule has 0 spiro atoms. The summed E-state index contributed by atoms with van der Waals surface area (Å²) >= 11 is 0. The molecule has 2 N–H and O–H groups in total. The number of morpholine rings is 1. The van der Waals surface area contributed by atoms with Gasteiger partial charge in [-0.3, -0.25) is 4.90 Å². The zero-order chi connectivity index (χ0) is 17.5. The van der Waals surface area contributed by atoms with Gasteiger partial charge in [0.05, 0.1) is 25.4 Å². The maximum absolute atomic E-state index is 12.1. The van der Waals surface area contributed by atoms with Gasteiger partial charge in [0.1, 0.15) is 0 Å². The summed E-state index contributed by atoms with van der Waals surface area (Å²) in [5, 5.41) is 5.86. The largest absolute Gasteiger partial charge is 0.379 e. The number of carbonyl (C=O) groups is 1. The number of benzene rings is 1. The van der Waals surface area contributed by atoms with Gasteiger partial charge in [0, 0.05) is 31.9 Å². The minimum Gasteiger partial charge on any atom is -0.379 e. The van der Waals surface area contributed by atoms with Crippen molar-refractivity contribution >= 4 is 11.7 Å². The molecule has 6 nitrogen and oxygen atoms in total. The summed E-state index contributed by atoms with van der Waals surface area (Å²) in [6, 6.07) is 7.94. The van der Waals surface area contributed by atoms with Crippen molar-refractivity contribution in [3.05, 3.63) is 29.8 Å². The fraction of sp³-hybridized carbons (Fsp3) is 0.632. The lowest BCUT2D eigenvalue weighted by molar-refractivity contribution is 0.0384. The Labute approximate surface area is 149 Å². The predicted octanol–water partition coefficient (Wildman–Crippen LogP) is 2.25. The highest BCUT2D eigenvalue weighted by Gasteiger charge is 2.23. The van der Waals surface area contributed by atoms with E-state index in [9.17, 15) is 4.79 Å². The van der Waals surface area contributed by atoms with Crippen LogP contribution in [0.4, 0.5) is 10.5 Å². The van der Waals surface area contributed by atoms with Crippen molar-refractivity contribution in [2.45, 2.75) is 38.3 Å². The van der Waals surface area contributed by atoms with Crippen LogP contribution in [-0.2, 0) is 15.9 Å². The number of hydrogen-bond donors (Lipinski definition) is 2. The van der Waals surface area contributed by atoms with Crippen molar-refractivity contribution in [1.29, 1.82) is 0 Å². The Balaban J connectivity index is 1.41. The summed E-state index contributed by atoms with van der Waals surface area (Å²) < 4.78 is 11.0. The molecule has 25 heavy (non-hydrogen) atoms. The first-order valence-corrected chi connectivity index (χ1v) is 9.29. The Morgan fingerprint density at radius 2 is 2.00 bits per heavy atom. The Morgan fingerprint density at radius 1 is 1.24 bits per heavy atom. The lowest BCUT2D eigenvalue weighted by Crippen LogP contribution is -2.42. The highest BCUT2D eigenvalue weighted by molar-refractivity contribution is 5.89. The SMILES string of the molecule is CC(NC(=O)Nc1ccc(CCN2CCOCC2)cc1)C1CCCO1. The van der Waals surface area contributed by atoms with Gasteiger partial charge in [-0.2, -0.15) is 0 Å². The Kier molecular flexibility index (Phi) is 6.67. The molecule has 2 aliphatic rings. The summed E-state index contributed by atoms with van der Waals surface area (Å²) in [5.41, 5.74) is 2.09. The third kappa shape index (κ3) is 5.70. The second-order valence-electron chi connectivity index (χ2n) is 6.84. The van der Waals surface area contributed by atoms with E-state index in [1.807, 2.05) is 19.1 Å². The van der Waals surface area contributed by atoms with Gasteiger partial charge in [-0.25, -0.2) is 4.79 Å². The lowest BCUT2D eigenvalue weighted by atomic mass is 10.1. The average Bonchev–Trinajstić information content (AvgIpc) is 3.17.